The average Bonchev–Trinajstić information content (AvgIpc) is 3.22. The minimum Gasteiger partial charge on any atom is -0.469 e. The van der Waals surface area contributed by atoms with E-state index in [1.807, 2.05) is 18.7 Å². The maximum atomic E-state index is 12.6. The van der Waals surface area contributed by atoms with Crippen LogP contribution in [0.4, 0.5) is 0 Å². The lowest BCUT2D eigenvalue weighted by Gasteiger charge is -2.32. The van der Waals surface area contributed by atoms with E-state index in [1.54, 1.807) is 17.2 Å². The molecule has 1 saturated heterocycles. The number of carbonyl (C=O) groups is 1. The Morgan fingerprint density at radius 1 is 1.42 bits per heavy atom. The number of likely N-dealkylation sites (N-methyl/N-ethyl adjacent to an activating group) is 1. The first-order valence-electron chi connectivity index (χ1n) is 8.25. The monoisotopic (exact) mass is 351 g/mol. The summed E-state index contributed by atoms with van der Waals surface area (Å²) >= 11 is 1.31. The maximum absolute atomic E-state index is 12.6. The van der Waals surface area contributed by atoms with Gasteiger partial charge in [-0.25, -0.2) is 0 Å². The predicted octanol–water partition coefficient (Wildman–Crippen LogP) is 0.866. The summed E-state index contributed by atoms with van der Waals surface area (Å²) in [4.78, 5) is 16.1. The molecule has 7 nitrogen and oxygen atoms in total. The van der Waals surface area contributed by atoms with Crippen molar-refractivity contribution in [3.05, 3.63) is 18.1 Å². The van der Waals surface area contributed by atoms with E-state index >= 15 is 0 Å². The number of carbonyl (C=O) groups excluding carboxylic acids is 1. The number of aryl methyl sites for hydroxylation is 1. The molecular weight excluding hydrogens is 328 g/mol. The number of furan rings is 1. The summed E-state index contributed by atoms with van der Waals surface area (Å²) < 4.78 is 10.9. The fourth-order valence-corrected chi connectivity index (χ4v) is 3.60. The number of rotatable bonds is 5. The van der Waals surface area contributed by atoms with Crippen molar-refractivity contribution >= 4 is 17.7 Å². The summed E-state index contributed by atoms with van der Waals surface area (Å²) in [5, 5.41) is 8.24. The number of hydrogen-bond acceptors (Lipinski definition) is 6. The maximum Gasteiger partial charge on any atom is 0.277 e. The Labute approximate surface area is 145 Å². The standard InChI is InChI=1S/C16H22N4O3S/c1-4-19-6-8-20(9-7-19)15(21)12(3)24-16-18-17-14(23-16)13-5-10-22-11(13)2/h5,10,12H,4,6-9H2,1-3H3/p+1/t12-/m0/s1. The Hall–Kier alpha value is -1.80. The second-order valence-corrected chi connectivity index (χ2v) is 7.24. The van der Waals surface area contributed by atoms with E-state index in [2.05, 4.69) is 17.1 Å². The topological polar surface area (TPSA) is 76.8 Å². The SMILES string of the molecule is CC[NH+]1CCN(C(=O)[C@H](C)Sc2nnc(-c3ccoc3C)o2)CC1. The van der Waals surface area contributed by atoms with Crippen LogP contribution in [-0.2, 0) is 4.79 Å². The summed E-state index contributed by atoms with van der Waals surface area (Å²) in [7, 11) is 0. The Balaban J connectivity index is 1.59. The van der Waals surface area contributed by atoms with Gasteiger partial charge in [0.1, 0.15) is 5.76 Å². The smallest absolute Gasteiger partial charge is 0.277 e. The van der Waals surface area contributed by atoms with Crippen molar-refractivity contribution in [3.63, 3.8) is 0 Å². The molecule has 3 rings (SSSR count). The van der Waals surface area contributed by atoms with Crippen molar-refractivity contribution in [3.8, 4) is 11.5 Å². The van der Waals surface area contributed by atoms with Gasteiger partial charge in [0, 0.05) is 0 Å². The van der Waals surface area contributed by atoms with E-state index < -0.39 is 0 Å². The molecule has 2 aromatic heterocycles. The number of piperazine rings is 1. The number of aromatic nitrogens is 2. The molecule has 3 heterocycles. The third-order valence-corrected chi connectivity index (χ3v) is 5.33. The molecule has 0 unspecified atom stereocenters. The van der Waals surface area contributed by atoms with Gasteiger partial charge in [-0.3, -0.25) is 4.79 Å². The normalized spacial score (nSPS) is 17.2. The van der Waals surface area contributed by atoms with Crippen molar-refractivity contribution in [1.29, 1.82) is 0 Å². The molecule has 130 valence electrons. The molecule has 1 aliphatic rings. The predicted molar refractivity (Wildman–Crippen MR) is 89.9 cm³/mol. The van der Waals surface area contributed by atoms with Crippen LogP contribution in [-0.4, -0.2) is 59.0 Å². The second kappa shape index (κ2) is 7.40. The Morgan fingerprint density at radius 2 is 2.17 bits per heavy atom. The quantitative estimate of drug-likeness (QED) is 0.806. The van der Waals surface area contributed by atoms with E-state index in [0.717, 1.165) is 44.0 Å². The molecule has 1 atom stereocenters. The van der Waals surface area contributed by atoms with Crippen LogP contribution in [0.3, 0.4) is 0 Å². The molecule has 0 bridgehead atoms. The van der Waals surface area contributed by atoms with Crippen molar-refractivity contribution in [2.75, 3.05) is 32.7 Å². The molecule has 0 saturated carbocycles. The zero-order valence-corrected chi connectivity index (χ0v) is 15.1. The molecule has 1 aliphatic heterocycles. The van der Waals surface area contributed by atoms with Gasteiger partial charge < -0.3 is 18.6 Å². The Kier molecular flexibility index (Phi) is 5.25. The Morgan fingerprint density at radius 3 is 2.79 bits per heavy atom. The summed E-state index contributed by atoms with van der Waals surface area (Å²) in [6.07, 6.45) is 1.59. The number of amides is 1. The lowest BCUT2D eigenvalue weighted by molar-refractivity contribution is -0.902. The van der Waals surface area contributed by atoms with Crippen LogP contribution >= 0.6 is 11.8 Å². The molecule has 8 heteroatoms. The van der Waals surface area contributed by atoms with E-state index in [0.29, 0.717) is 11.1 Å². The number of quaternary nitrogens is 1. The molecule has 24 heavy (non-hydrogen) atoms. The number of thioether (sulfide) groups is 1. The van der Waals surface area contributed by atoms with Crippen LogP contribution in [0, 0.1) is 6.92 Å². The van der Waals surface area contributed by atoms with Crippen molar-refractivity contribution < 1.29 is 18.5 Å². The van der Waals surface area contributed by atoms with E-state index in [4.69, 9.17) is 8.83 Å². The first-order chi connectivity index (χ1) is 11.6. The highest BCUT2D eigenvalue weighted by molar-refractivity contribution is 8.00. The van der Waals surface area contributed by atoms with Gasteiger partial charge >= 0.3 is 0 Å². The molecular formula is C16H23N4O3S+. The highest BCUT2D eigenvalue weighted by atomic mass is 32.2. The molecule has 0 spiro atoms. The van der Waals surface area contributed by atoms with Crippen molar-refractivity contribution in [1.82, 2.24) is 15.1 Å². The number of hydrogen-bond donors (Lipinski definition) is 1. The van der Waals surface area contributed by atoms with Crippen LogP contribution in [0.5, 0.6) is 0 Å². The lowest BCUT2D eigenvalue weighted by atomic mass is 10.3. The summed E-state index contributed by atoms with van der Waals surface area (Å²) in [5.41, 5.74) is 0.784. The van der Waals surface area contributed by atoms with Crippen LogP contribution in [0.15, 0.2) is 26.4 Å². The van der Waals surface area contributed by atoms with E-state index in [1.165, 1.54) is 11.8 Å². The molecule has 0 radical (unpaired) electrons. The van der Waals surface area contributed by atoms with Crippen LogP contribution in [0.2, 0.25) is 0 Å². The number of nitrogens with one attached hydrogen (secondary N) is 1. The van der Waals surface area contributed by atoms with Gasteiger partial charge in [-0.1, -0.05) is 11.8 Å². The molecule has 0 aromatic carbocycles. The summed E-state index contributed by atoms with van der Waals surface area (Å²) in [6, 6.07) is 1.79. The molecule has 1 fully saturated rings. The lowest BCUT2D eigenvalue weighted by Crippen LogP contribution is -3.14. The Bertz CT molecular complexity index is 691. The molecule has 0 aliphatic carbocycles. The third kappa shape index (κ3) is 3.64. The van der Waals surface area contributed by atoms with Gasteiger partial charge in [0.2, 0.25) is 5.91 Å². The van der Waals surface area contributed by atoms with Gasteiger partial charge in [0.25, 0.3) is 11.1 Å². The van der Waals surface area contributed by atoms with Crippen LogP contribution in [0.1, 0.15) is 19.6 Å². The van der Waals surface area contributed by atoms with Gasteiger partial charge in [-0.05, 0) is 26.8 Å². The van der Waals surface area contributed by atoms with Crippen LogP contribution in [0.25, 0.3) is 11.5 Å². The molecule has 1 amide bonds. The second-order valence-electron chi connectivity index (χ2n) is 5.95. The number of nitrogens with zero attached hydrogens (tertiary/aromatic N) is 3. The zero-order chi connectivity index (χ0) is 17.1. The first-order valence-corrected chi connectivity index (χ1v) is 9.13. The minimum absolute atomic E-state index is 0.134. The van der Waals surface area contributed by atoms with E-state index in [9.17, 15) is 4.79 Å². The minimum atomic E-state index is -0.244. The van der Waals surface area contributed by atoms with Gasteiger partial charge in [0.05, 0.1) is 49.8 Å². The van der Waals surface area contributed by atoms with Crippen molar-refractivity contribution in [2.24, 2.45) is 0 Å². The highest BCUT2D eigenvalue weighted by Gasteiger charge is 2.28. The fraction of sp³-hybridized carbons (Fsp3) is 0.562. The van der Waals surface area contributed by atoms with Gasteiger partial charge in [-0.2, -0.15) is 0 Å². The van der Waals surface area contributed by atoms with Crippen molar-refractivity contribution in [2.45, 2.75) is 31.2 Å². The molecule has 2 aromatic rings. The molecule has 1 N–H and O–H groups in total. The third-order valence-electron chi connectivity index (χ3n) is 4.40. The van der Waals surface area contributed by atoms with E-state index in [-0.39, 0.29) is 11.2 Å². The first kappa shape index (κ1) is 17.0. The van der Waals surface area contributed by atoms with Crippen LogP contribution < -0.4 is 4.90 Å². The summed E-state index contributed by atoms with van der Waals surface area (Å²) in [5.74, 6) is 1.29. The van der Waals surface area contributed by atoms with Gasteiger partial charge in [0.15, 0.2) is 0 Å². The fourth-order valence-electron chi connectivity index (χ4n) is 2.83. The van der Waals surface area contributed by atoms with Gasteiger partial charge in [-0.15, -0.1) is 10.2 Å². The zero-order valence-electron chi connectivity index (χ0n) is 14.2. The average molecular weight is 351 g/mol. The largest absolute Gasteiger partial charge is 0.469 e. The summed E-state index contributed by atoms with van der Waals surface area (Å²) in [6.45, 7) is 10.7. The highest BCUT2D eigenvalue weighted by Crippen LogP contribution is 2.28.